The molecule has 0 atom stereocenters. The van der Waals surface area contributed by atoms with Crippen LogP contribution in [0.2, 0.25) is 0 Å². The second-order valence-electron chi connectivity index (χ2n) is 6.80. The molecule has 146 valence electrons. The highest BCUT2D eigenvalue weighted by molar-refractivity contribution is 7.17. The summed E-state index contributed by atoms with van der Waals surface area (Å²) in [7, 11) is 0. The van der Waals surface area contributed by atoms with Crippen LogP contribution in [0, 0.1) is 0 Å². The van der Waals surface area contributed by atoms with Crippen molar-refractivity contribution in [3.63, 3.8) is 0 Å². The molecule has 0 bridgehead atoms. The van der Waals surface area contributed by atoms with Crippen LogP contribution in [0.3, 0.4) is 0 Å². The first-order valence-corrected chi connectivity index (χ1v) is 10.2. The van der Waals surface area contributed by atoms with E-state index in [1.807, 2.05) is 6.07 Å². The minimum absolute atomic E-state index is 0.0395. The maximum absolute atomic E-state index is 12.7. The zero-order valence-corrected chi connectivity index (χ0v) is 16.5. The third kappa shape index (κ3) is 3.47. The number of carbonyl (C=O) groups is 2. The predicted octanol–water partition coefficient (Wildman–Crippen LogP) is 3.37. The Kier molecular flexibility index (Phi) is 5.04. The van der Waals surface area contributed by atoms with Crippen LogP contribution < -0.4 is 11.1 Å². The van der Waals surface area contributed by atoms with Gasteiger partial charge in [-0.2, -0.15) is 5.10 Å². The van der Waals surface area contributed by atoms with Gasteiger partial charge in [0, 0.05) is 16.0 Å². The van der Waals surface area contributed by atoms with Gasteiger partial charge in [0.05, 0.1) is 23.9 Å². The van der Waals surface area contributed by atoms with Crippen LogP contribution in [0.15, 0.2) is 24.4 Å². The van der Waals surface area contributed by atoms with E-state index in [0.717, 1.165) is 42.1 Å². The molecule has 28 heavy (non-hydrogen) atoms. The number of nitrogens with one attached hydrogen (secondary N) is 1. The van der Waals surface area contributed by atoms with Crippen LogP contribution in [0.25, 0.3) is 10.9 Å². The van der Waals surface area contributed by atoms with Crippen LogP contribution >= 0.6 is 11.3 Å². The maximum Gasteiger partial charge on any atom is 0.341 e. The van der Waals surface area contributed by atoms with Gasteiger partial charge in [-0.25, -0.2) is 4.79 Å². The van der Waals surface area contributed by atoms with Crippen LogP contribution in [0.5, 0.6) is 0 Å². The number of esters is 1. The Hall–Kier alpha value is -2.87. The zero-order valence-electron chi connectivity index (χ0n) is 15.7. The molecular formula is C20H22N4O3S. The summed E-state index contributed by atoms with van der Waals surface area (Å²) in [5.41, 5.74) is 8.81. The van der Waals surface area contributed by atoms with Gasteiger partial charge >= 0.3 is 5.97 Å². The fourth-order valence-electron chi connectivity index (χ4n) is 3.59. The summed E-state index contributed by atoms with van der Waals surface area (Å²) >= 11 is 1.48. The highest BCUT2D eigenvalue weighted by Crippen LogP contribution is 2.38. The third-order valence-electron chi connectivity index (χ3n) is 4.87. The van der Waals surface area contributed by atoms with Gasteiger partial charge < -0.3 is 15.8 Å². The van der Waals surface area contributed by atoms with Crippen molar-refractivity contribution in [3.8, 4) is 0 Å². The smallest absolute Gasteiger partial charge is 0.341 e. The van der Waals surface area contributed by atoms with E-state index in [1.165, 1.54) is 16.2 Å². The molecule has 3 N–H and O–H groups in total. The van der Waals surface area contributed by atoms with Crippen molar-refractivity contribution in [1.82, 2.24) is 9.78 Å². The van der Waals surface area contributed by atoms with Crippen LogP contribution in [0.4, 0.5) is 10.7 Å². The molecule has 0 unspecified atom stereocenters. The molecule has 0 aliphatic heterocycles. The molecule has 2 heterocycles. The lowest BCUT2D eigenvalue weighted by Crippen LogP contribution is -2.20. The number of nitrogens with two attached hydrogens (primary N) is 1. The summed E-state index contributed by atoms with van der Waals surface area (Å²) in [5.74, 6) is -0.605. The third-order valence-corrected chi connectivity index (χ3v) is 6.07. The molecule has 1 amide bonds. The van der Waals surface area contributed by atoms with E-state index in [1.54, 1.807) is 29.9 Å². The first-order valence-electron chi connectivity index (χ1n) is 9.39. The van der Waals surface area contributed by atoms with E-state index in [9.17, 15) is 9.59 Å². The van der Waals surface area contributed by atoms with Crippen molar-refractivity contribution >= 4 is 44.8 Å². The molecule has 0 saturated carbocycles. The number of carbonyl (C=O) groups excluding carboxylic acids is 2. The largest absolute Gasteiger partial charge is 0.462 e. The summed E-state index contributed by atoms with van der Waals surface area (Å²) in [6.45, 7) is 2.12. The van der Waals surface area contributed by atoms with E-state index < -0.39 is 0 Å². The molecule has 0 saturated heterocycles. The molecular weight excluding hydrogens is 376 g/mol. The second-order valence-corrected chi connectivity index (χ2v) is 7.91. The van der Waals surface area contributed by atoms with Gasteiger partial charge in [-0.3, -0.25) is 9.48 Å². The SMILES string of the molecule is CCOC(=O)c1c(NC(=O)Cn2ncc3ccc(N)cc32)sc2c1CCCC2. The Balaban J connectivity index is 1.59. The average molecular weight is 398 g/mol. The number of nitrogens with zero attached hydrogens (tertiary/aromatic N) is 2. The lowest BCUT2D eigenvalue weighted by molar-refractivity contribution is -0.116. The maximum atomic E-state index is 12.7. The molecule has 0 fully saturated rings. The van der Waals surface area contributed by atoms with Crippen molar-refractivity contribution in [2.75, 3.05) is 17.7 Å². The van der Waals surface area contributed by atoms with Gasteiger partial charge in [0.2, 0.25) is 5.91 Å². The number of benzene rings is 1. The van der Waals surface area contributed by atoms with Crippen molar-refractivity contribution in [1.29, 1.82) is 0 Å². The minimum atomic E-state index is -0.366. The van der Waals surface area contributed by atoms with E-state index >= 15 is 0 Å². The number of rotatable bonds is 5. The number of nitrogen functional groups attached to an aromatic ring is 1. The Labute approximate surface area is 166 Å². The summed E-state index contributed by atoms with van der Waals surface area (Å²) in [4.78, 5) is 26.4. The number of aryl methyl sites for hydroxylation is 1. The molecule has 2 aromatic heterocycles. The molecule has 0 spiro atoms. The van der Waals surface area contributed by atoms with Crippen molar-refractivity contribution < 1.29 is 14.3 Å². The van der Waals surface area contributed by atoms with Crippen molar-refractivity contribution in [2.24, 2.45) is 0 Å². The number of thiophene rings is 1. The Morgan fingerprint density at radius 3 is 2.96 bits per heavy atom. The molecule has 7 nitrogen and oxygen atoms in total. The zero-order chi connectivity index (χ0) is 19.7. The van der Waals surface area contributed by atoms with Gasteiger partial charge in [0.15, 0.2) is 0 Å². The first-order chi connectivity index (χ1) is 13.6. The standard InChI is InChI=1S/C20H22N4O3S/c1-2-27-20(26)18-14-5-3-4-6-16(14)28-19(18)23-17(25)11-24-15-9-13(21)8-7-12(15)10-22-24/h7-10H,2-6,11,21H2,1H3,(H,23,25). The number of hydrogen-bond donors (Lipinski definition) is 2. The van der Waals surface area contributed by atoms with E-state index in [2.05, 4.69) is 10.4 Å². The van der Waals surface area contributed by atoms with Gasteiger partial charge in [-0.15, -0.1) is 11.3 Å². The lowest BCUT2D eigenvalue weighted by atomic mass is 9.95. The summed E-state index contributed by atoms with van der Waals surface area (Å²) in [6.07, 6.45) is 5.63. The summed E-state index contributed by atoms with van der Waals surface area (Å²) in [6, 6.07) is 5.47. The topological polar surface area (TPSA) is 99.2 Å². The first kappa shape index (κ1) is 18.5. The van der Waals surface area contributed by atoms with Crippen LogP contribution in [0.1, 0.15) is 40.6 Å². The van der Waals surface area contributed by atoms with Gasteiger partial charge in [-0.1, -0.05) is 0 Å². The monoisotopic (exact) mass is 398 g/mol. The quantitative estimate of drug-likeness (QED) is 0.507. The summed E-state index contributed by atoms with van der Waals surface area (Å²) in [5, 5.41) is 8.69. The minimum Gasteiger partial charge on any atom is -0.462 e. The van der Waals surface area contributed by atoms with Crippen molar-refractivity contribution in [2.45, 2.75) is 39.2 Å². The number of anilines is 2. The van der Waals surface area contributed by atoms with Gasteiger partial charge in [0.1, 0.15) is 11.5 Å². The van der Waals surface area contributed by atoms with Gasteiger partial charge in [-0.05, 0) is 56.4 Å². The fourth-order valence-corrected chi connectivity index (χ4v) is 4.88. The predicted molar refractivity (Wildman–Crippen MR) is 110 cm³/mol. The van der Waals surface area contributed by atoms with Gasteiger partial charge in [0.25, 0.3) is 0 Å². The molecule has 4 rings (SSSR count). The van der Waals surface area contributed by atoms with Crippen molar-refractivity contribution in [3.05, 3.63) is 40.4 Å². The molecule has 8 heteroatoms. The number of hydrogen-bond acceptors (Lipinski definition) is 6. The summed E-state index contributed by atoms with van der Waals surface area (Å²) < 4.78 is 6.85. The Morgan fingerprint density at radius 2 is 2.14 bits per heavy atom. The number of fused-ring (bicyclic) bond motifs is 2. The second kappa shape index (κ2) is 7.63. The Bertz CT molecular complexity index is 1050. The molecule has 0 radical (unpaired) electrons. The number of aromatic nitrogens is 2. The molecule has 1 aliphatic carbocycles. The highest BCUT2D eigenvalue weighted by Gasteiger charge is 2.27. The molecule has 1 aliphatic rings. The van der Waals surface area contributed by atoms with E-state index in [0.29, 0.717) is 22.9 Å². The molecule has 3 aromatic rings. The van der Waals surface area contributed by atoms with E-state index in [4.69, 9.17) is 10.5 Å². The number of ether oxygens (including phenoxy) is 1. The average Bonchev–Trinajstić information content (AvgIpc) is 3.22. The van der Waals surface area contributed by atoms with E-state index in [-0.39, 0.29) is 18.4 Å². The van der Waals surface area contributed by atoms with Crippen LogP contribution in [-0.4, -0.2) is 28.3 Å². The lowest BCUT2D eigenvalue weighted by Gasteiger charge is -2.12. The Morgan fingerprint density at radius 1 is 1.32 bits per heavy atom. The highest BCUT2D eigenvalue weighted by atomic mass is 32.1. The molecule has 1 aromatic carbocycles. The van der Waals surface area contributed by atoms with Crippen LogP contribution in [-0.2, 0) is 28.9 Å². The normalized spacial score (nSPS) is 13.3. The number of amides is 1. The fraction of sp³-hybridized carbons (Fsp3) is 0.350.